The molecule has 2 rings (SSSR count). The fourth-order valence-corrected chi connectivity index (χ4v) is 3.63. The van der Waals surface area contributed by atoms with Gasteiger partial charge in [-0.2, -0.15) is 0 Å². The zero-order valence-corrected chi connectivity index (χ0v) is 15.7. The lowest BCUT2D eigenvalue weighted by atomic mass is 10.2. The molecule has 0 fully saturated rings. The van der Waals surface area contributed by atoms with Gasteiger partial charge in [-0.3, -0.25) is 4.79 Å². The highest BCUT2D eigenvalue weighted by Gasteiger charge is 2.07. The van der Waals surface area contributed by atoms with Gasteiger partial charge in [-0.05, 0) is 42.3 Å². The fourth-order valence-electron chi connectivity index (χ4n) is 2.04. The van der Waals surface area contributed by atoms with E-state index in [-0.39, 0.29) is 5.91 Å². The molecule has 0 heterocycles. The predicted octanol–water partition coefficient (Wildman–Crippen LogP) is 4.94. The number of ether oxygens (including phenoxy) is 1. The number of benzene rings is 2. The number of hydrogen-bond donors (Lipinski definition) is 1. The van der Waals surface area contributed by atoms with Crippen LogP contribution in [0.1, 0.15) is 18.1 Å². The Balaban J connectivity index is 1.73. The number of halogens is 2. The van der Waals surface area contributed by atoms with Crippen LogP contribution in [0, 0.1) is 0 Å². The molecule has 128 valence electrons. The SMILES string of the molecule is CCOc1ccc(CNC(=O)CSCc2c(Cl)cccc2Cl)cc1. The maximum Gasteiger partial charge on any atom is 0.230 e. The highest BCUT2D eigenvalue weighted by atomic mass is 35.5. The van der Waals surface area contributed by atoms with Gasteiger partial charge in [0, 0.05) is 22.3 Å². The van der Waals surface area contributed by atoms with E-state index in [0.29, 0.717) is 34.7 Å². The molecule has 0 aromatic heterocycles. The Bertz CT molecular complexity index is 657. The monoisotopic (exact) mass is 383 g/mol. The summed E-state index contributed by atoms with van der Waals surface area (Å²) in [5, 5.41) is 4.16. The molecule has 0 aliphatic heterocycles. The molecule has 1 amide bonds. The number of carbonyl (C=O) groups excluding carboxylic acids is 1. The van der Waals surface area contributed by atoms with E-state index in [4.69, 9.17) is 27.9 Å². The molecule has 0 aliphatic rings. The average Bonchev–Trinajstić information content (AvgIpc) is 2.57. The molecule has 0 bridgehead atoms. The van der Waals surface area contributed by atoms with E-state index >= 15 is 0 Å². The third-order valence-electron chi connectivity index (χ3n) is 3.27. The minimum Gasteiger partial charge on any atom is -0.494 e. The van der Waals surface area contributed by atoms with E-state index in [1.165, 1.54) is 11.8 Å². The summed E-state index contributed by atoms with van der Waals surface area (Å²) in [4.78, 5) is 11.9. The lowest BCUT2D eigenvalue weighted by molar-refractivity contribution is -0.118. The molecular formula is C18H19Cl2NO2S. The molecule has 0 saturated carbocycles. The van der Waals surface area contributed by atoms with Crippen LogP contribution in [-0.4, -0.2) is 18.3 Å². The van der Waals surface area contributed by atoms with Gasteiger partial charge in [0.2, 0.25) is 5.91 Å². The van der Waals surface area contributed by atoms with Gasteiger partial charge in [0.25, 0.3) is 0 Å². The third kappa shape index (κ3) is 5.93. The lowest BCUT2D eigenvalue weighted by Gasteiger charge is -2.08. The van der Waals surface area contributed by atoms with Crippen LogP contribution in [0.5, 0.6) is 5.75 Å². The van der Waals surface area contributed by atoms with E-state index < -0.39 is 0 Å². The quantitative estimate of drug-likeness (QED) is 0.701. The molecule has 0 atom stereocenters. The van der Waals surface area contributed by atoms with Gasteiger partial charge in [-0.1, -0.05) is 41.4 Å². The van der Waals surface area contributed by atoms with Gasteiger partial charge in [-0.15, -0.1) is 11.8 Å². The van der Waals surface area contributed by atoms with Crippen molar-refractivity contribution in [1.29, 1.82) is 0 Å². The Hall–Kier alpha value is -1.36. The Morgan fingerprint density at radius 1 is 1.12 bits per heavy atom. The van der Waals surface area contributed by atoms with Crippen molar-refractivity contribution in [1.82, 2.24) is 5.32 Å². The Morgan fingerprint density at radius 3 is 2.42 bits per heavy atom. The maximum atomic E-state index is 11.9. The molecular weight excluding hydrogens is 365 g/mol. The van der Waals surface area contributed by atoms with Crippen molar-refractivity contribution in [2.75, 3.05) is 12.4 Å². The van der Waals surface area contributed by atoms with E-state index in [2.05, 4.69) is 5.32 Å². The van der Waals surface area contributed by atoms with E-state index in [9.17, 15) is 4.79 Å². The third-order valence-corrected chi connectivity index (χ3v) is 4.93. The standard InChI is InChI=1S/C18H19Cl2NO2S/c1-2-23-14-8-6-13(7-9-14)10-21-18(22)12-24-11-15-16(19)4-3-5-17(15)20/h3-9H,2,10-12H2,1H3,(H,21,22). The van der Waals surface area contributed by atoms with Crippen molar-refractivity contribution in [3.8, 4) is 5.75 Å². The first-order valence-corrected chi connectivity index (χ1v) is 9.50. The molecule has 0 radical (unpaired) electrons. The van der Waals surface area contributed by atoms with E-state index in [1.54, 1.807) is 12.1 Å². The first-order valence-electron chi connectivity index (χ1n) is 7.59. The normalized spacial score (nSPS) is 10.5. The van der Waals surface area contributed by atoms with Crippen molar-refractivity contribution in [2.24, 2.45) is 0 Å². The number of carbonyl (C=O) groups is 1. The largest absolute Gasteiger partial charge is 0.494 e. The van der Waals surface area contributed by atoms with Crippen molar-refractivity contribution in [3.63, 3.8) is 0 Å². The zero-order chi connectivity index (χ0) is 17.4. The molecule has 2 aromatic rings. The van der Waals surface area contributed by atoms with Crippen LogP contribution in [-0.2, 0) is 17.1 Å². The van der Waals surface area contributed by atoms with Crippen molar-refractivity contribution >= 4 is 40.9 Å². The minimum absolute atomic E-state index is 0.0166. The van der Waals surface area contributed by atoms with Gasteiger partial charge in [-0.25, -0.2) is 0 Å². The second kappa shape index (κ2) is 9.82. The lowest BCUT2D eigenvalue weighted by Crippen LogP contribution is -2.24. The van der Waals surface area contributed by atoms with Crippen LogP contribution in [0.15, 0.2) is 42.5 Å². The molecule has 0 aliphatic carbocycles. The summed E-state index contributed by atoms with van der Waals surface area (Å²) in [6, 6.07) is 13.1. The van der Waals surface area contributed by atoms with Crippen molar-refractivity contribution in [2.45, 2.75) is 19.2 Å². The topological polar surface area (TPSA) is 38.3 Å². The van der Waals surface area contributed by atoms with E-state index in [1.807, 2.05) is 37.3 Å². The number of hydrogen-bond acceptors (Lipinski definition) is 3. The molecule has 24 heavy (non-hydrogen) atoms. The zero-order valence-electron chi connectivity index (χ0n) is 13.4. The summed E-state index contributed by atoms with van der Waals surface area (Å²) in [6.45, 7) is 3.09. The summed E-state index contributed by atoms with van der Waals surface area (Å²) in [5.41, 5.74) is 1.90. The highest BCUT2D eigenvalue weighted by Crippen LogP contribution is 2.28. The number of nitrogens with one attached hydrogen (secondary N) is 1. The summed E-state index contributed by atoms with van der Waals surface area (Å²) < 4.78 is 5.39. The Labute approximate surface area is 156 Å². The number of thioether (sulfide) groups is 1. The maximum absolute atomic E-state index is 11.9. The Morgan fingerprint density at radius 2 is 1.79 bits per heavy atom. The summed E-state index contributed by atoms with van der Waals surface area (Å²) >= 11 is 13.7. The van der Waals surface area contributed by atoms with Crippen LogP contribution in [0.4, 0.5) is 0 Å². The molecule has 3 nitrogen and oxygen atoms in total. The summed E-state index contributed by atoms with van der Waals surface area (Å²) in [5.74, 6) is 1.78. The second-order valence-corrected chi connectivity index (χ2v) is 6.85. The number of amides is 1. The fraction of sp³-hybridized carbons (Fsp3) is 0.278. The van der Waals surface area contributed by atoms with Gasteiger partial charge < -0.3 is 10.1 Å². The van der Waals surface area contributed by atoms with Gasteiger partial charge in [0.15, 0.2) is 0 Å². The minimum atomic E-state index is -0.0166. The van der Waals surface area contributed by atoms with Crippen LogP contribution in [0.25, 0.3) is 0 Å². The smallest absolute Gasteiger partial charge is 0.230 e. The molecule has 0 spiro atoms. The molecule has 0 unspecified atom stereocenters. The van der Waals surface area contributed by atoms with Gasteiger partial charge in [0.1, 0.15) is 5.75 Å². The van der Waals surface area contributed by atoms with E-state index in [0.717, 1.165) is 16.9 Å². The van der Waals surface area contributed by atoms with Crippen LogP contribution in [0.3, 0.4) is 0 Å². The van der Waals surface area contributed by atoms with Crippen molar-refractivity contribution < 1.29 is 9.53 Å². The number of rotatable bonds is 8. The predicted molar refractivity (Wildman–Crippen MR) is 102 cm³/mol. The summed E-state index contributed by atoms with van der Waals surface area (Å²) in [7, 11) is 0. The first-order chi connectivity index (χ1) is 11.6. The van der Waals surface area contributed by atoms with Crippen LogP contribution in [0.2, 0.25) is 10.0 Å². The van der Waals surface area contributed by atoms with Gasteiger partial charge >= 0.3 is 0 Å². The first kappa shape index (κ1) is 19.0. The van der Waals surface area contributed by atoms with Crippen molar-refractivity contribution in [3.05, 3.63) is 63.6 Å². The second-order valence-electron chi connectivity index (χ2n) is 5.05. The molecule has 1 N–H and O–H groups in total. The highest BCUT2D eigenvalue weighted by molar-refractivity contribution is 7.99. The van der Waals surface area contributed by atoms with Crippen LogP contribution < -0.4 is 10.1 Å². The average molecular weight is 384 g/mol. The molecule has 2 aromatic carbocycles. The molecule has 6 heteroatoms. The summed E-state index contributed by atoms with van der Waals surface area (Å²) in [6.07, 6.45) is 0. The Kier molecular flexibility index (Phi) is 7.76. The van der Waals surface area contributed by atoms with Gasteiger partial charge in [0.05, 0.1) is 12.4 Å². The molecule has 0 saturated heterocycles. The van der Waals surface area contributed by atoms with Crippen LogP contribution >= 0.6 is 35.0 Å².